The standard InChI is InChI=1S/C21H21FN2O3/c1-27-21(26)19-16(11-23-20(19)25)15-9-14-7-8-24(18(14)10-17(15)22)12-13-5-3-2-4-6-13/h2-6,9-10,16,19H,7-8,11-12H2,1H3,(H,23,25)/t16-,19-/m0/s1. The molecule has 2 aliphatic rings. The van der Waals surface area contributed by atoms with Crippen LogP contribution < -0.4 is 10.2 Å². The molecule has 0 radical (unpaired) electrons. The molecule has 6 heteroatoms. The third kappa shape index (κ3) is 3.16. The van der Waals surface area contributed by atoms with Crippen molar-refractivity contribution < 1.29 is 18.7 Å². The lowest BCUT2D eigenvalue weighted by Crippen LogP contribution is -2.28. The van der Waals surface area contributed by atoms with E-state index in [9.17, 15) is 14.0 Å². The van der Waals surface area contributed by atoms with Gasteiger partial charge in [0.15, 0.2) is 0 Å². The van der Waals surface area contributed by atoms with E-state index in [-0.39, 0.29) is 12.4 Å². The Morgan fingerprint density at radius 3 is 2.81 bits per heavy atom. The van der Waals surface area contributed by atoms with Crippen molar-refractivity contribution in [1.29, 1.82) is 0 Å². The molecule has 2 aromatic carbocycles. The molecule has 0 aromatic heterocycles. The third-order valence-electron chi connectivity index (χ3n) is 5.44. The van der Waals surface area contributed by atoms with Gasteiger partial charge in [0, 0.05) is 31.2 Å². The van der Waals surface area contributed by atoms with Gasteiger partial charge < -0.3 is 15.0 Å². The molecule has 0 aliphatic carbocycles. The molecule has 0 saturated carbocycles. The lowest BCUT2D eigenvalue weighted by Gasteiger charge is -2.21. The monoisotopic (exact) mass is 368 g/mol. The van der Waals surface area contributed by atoms with Crippen LogP contribution in [0.4, 0.5) is 10.1 Å². The normalized spacial score (nSPS) is 21.1. The minimum absolute atomic E-state index is 0.238. The average molecular weight is 368 g/mol. The fraction of sp³-hybridized carbons (Fsp3) is 0.333. The molecule has 5 nitrogen and oxygen atoms in total. The van der Waals surface area contributed by atoms with Gasteiger partial charge in [-0.1, -0.05) is 36.4 Å². The first-order valence-electron chi connectivity index (χ1n) is 9.05. The number of nitrogens with zero attached hydrogens (tertiary/aromatic N) is 1. The maximum Gasteiger partial charge on any atom is 0.318 e. The van der Waals surface area contributed by atoms with Crippen LogP contribution in [-0.4, -0.2) is 32.1 Å². The Morgan fingerprint density at radius 1 is 1.30 bits per heavy atom. The molecule has 2 heterocycles. The van der Waals surface area contributed by atoms with E-state index in [1.807, 2.05) is 24.3 Å². The highest BCUT2D eigenvalue weighted by molar-refractivity contribution is 6.00. The highest BCUT2D eigenvalue weighted by Crippen LogP contribution is 2.37. The number of methoxy groups -OCH3 is 1. The van der Waals surface area contributed by atoms with E-state index in [0.29, 0.717) is 5.56 Å². The van der Waals surface area contributed by atoms with Crippen molar-refractivity contribution in [3.63, 3.8) is 0 Å². The maximum absolute atomic E-state index is 15.0. The topological polar surface area (TPSA) is 58.6 Å². The summed E-state index contributed by atoms with van der Waals surface area (Å²) < 4.78 is 19.7. The van der Waals surface area contributed by atoms with Crippen LogP contribution in [-0.2, 0) is 27.3 Å². The lowest BCUT2D eigenvalue weighted by molar-refractivity contribution is -0.149. The van der Waals surface area contributed by atoms with E-state index in [0.717, 1.165) is 30.8 Å². The maximum atomic E-state index is 15.0. The molecular formula is C21H21FN2O3. The Labute approximate surface area is 157 Å². The van der Waals surface area contributed by atoms with Crippen LogP contribution in [0.3, 0.4) is 0 Å². The summed E-state index contributed by atoms with van der Waals surface area (Å²) >= 11 is 0. The number of esters is 1. The first-order chi connectivity index (χ1) is 13.1. The number of rotatable bonds is 4. The lowest BCUT2D eigenvalue weighted by atomic mass is 9.87. The minimum Gasteiger partial charge on any atom is -0.468 e. The fourth-order valence-corrected chi connectivity index (χ4v) is 4.06. The van der Waals surface area contributed by atoms with Crippen molar-refractivity contribution in [1.82, 2.24) is 5.32 Å². The first-order valence-corrected chi connectivity index (χ1v) is 9.05. The number of carbonyl (C=O) groups is 2. The van der Waals surface area contributed by atoms with Crippen molar-refractivity contribution >= 4 is 17.6 Å². The van der Waals surface area contributed by atoms with E-state index in [1.165, 1.54) is 18.7 Å². The van der Waals surface area contributed by atoms with Crippen LogP contribution in [0.5, 0.6) is 0 Å². The van der Waals surface area contributed by atoms with E-state index < -0.39 is 23.7 Å². The molecule has 1 fully saturated rings. The van der Waals surface area contributed by atoms with Crippen molar-refractivity contribution in [2.24, 2.45) is 5.92 Å². The van der Waals surface area contributed by atoms with Crippen LogP contribution in [0.25, 0.3) is 0 Å². The molecule has 1 saturated heterocycles. The van der Waals surface area contributed by atoms with Crippen LogP contribution in [0.2, 0.25) is 0 Å². The van der Waals surface area contributed by atoms with Crippen molar-refractivity contribution in [3.05, 3.63) is 65.0 Å². The van der Waals surface area contributed by atoms with E-state index in [2.05, 4.69) is 22.3 Å². The minimum atomic E-state index is -0.996. The van der Waals surface area contributed by atoms with Crippen molar-refractivity contribution in [3.8, 4) is 0 Å². The van der Waals surface area contributed by atoms with Gasteiger partial charge >= 0.3 is 5.97 Å². The van der Waals surface area contributed by atoms with Gasteiger partial charge in [-0.05, 0) is 29.2 Å². The van der Waals surface area contributed by atoms with E-state index in [1.54, 1.807) is 0 Å². The zero-order valence-corrected chi connectivity index (χ0v) is 15.1. The second-order valence-electron chi connectivity index (χ2n) is 7.01. The summed E-state index contributed by atoms with van der Waals surface area (Å²) in [5.74, 6) is -2.95. The van der Waals surface area contributed by atoms with Gasteiger partial charge in [-0.3, -0.25) is 9.59 Å². The predicted octanol–water partition coefficient (Wildman–Crippen LogP) is 2.39. The number of benzene rings is 2. The summed E-state index contributed by atoms with van der Waals surface area (Å²) in [5, 5.41) is 2.65. The van der Waals surface area contributed by atoms with Gasteiger partial charge in [0.05, 0.1) is 7.11 Å². The summed E-state index contributed by atoms with van der Waals surface area (Å²) in [6.45, 7) is 1.78. The number of ether oxygens (including phenoxy) is 1. The summed E-state index contributed by atoms with van der Waals surface area (Å²) in [4.78, 5) is 26.2. The van der Waals surface area contributed by atoms with Crippen LogP contribution in [0.1, 0.15) is 22.6 Å². The Hall–Kier alpha value is -2.89. The molecule has 27 heavy (non-hydrogen) atoms. The van der Waals surface area contributed by atoms with Gasteiger partial charge in [0.1, 0.15) is 11.7 Å². The van der Waals surface area contributed by atoms with Gasteiger partial charge in [-0.2, -0.15) is 0 Å². The molecule has 2 aliphatic heterocycles. The summed E-state index contributed by atoms with van der Waals surface area (Å²) in [5.41, 5.74) is 3.51. The van der Waals surface area contributed by atoms with E-state index in [4.69, 9.17) is 4.74 Å². The molecule has 2 atom stereocenters. The van der Waals surface area contributed by atoms with Crippen molar-refractivity contribution in [2.75, 3.05) is 25.1 Å². The quantitative estimate of drug-likeness (QED) is 0.665. The molecule has 4 rings (SSSR count). The number of halogens is 1. The Bertz CT molecular complexity index is 884. The second-order valence-corrected chi connectivity index (χ2v) is 7.01. The first kappa shape index (κ1) is 17.5. The Kier molecular flexibility index (Phi) is 4.56. The zero-order chi connectivity index (χ0) is 19.0. The molecule has 140 valence electrons. The average Bonchev–Trinajstić information content (AvgIpc) is 3.24. The highest BCUT2D eigenvalue weighted by Gasteiger charge is 2.43. The number of nitrogens with one attached hydrogen (secondary N) is 1. The summed E-state index contributed by atoms with van der Waals surface area (Å²) in [6.07, 6.45) is 0.812. The number of fused-ring (bicyclic) bond motifs is 1. The van der Waals surface area contributed by atoms with Crippen molar-refractivity contribution in [2.45, 2.75) is 18.9 Å². The highest BCUT2D eigenvalue weighted by atomic mass is 19.1. The largest absolute Gasteiger partial charge is 0.468 e. The van der Waals surface area contributed by atoms with Gasteiger partial charge in [-0.25, -0.2) is 4.39 Å². The number of carbonyl (C=O) groups excluding carboxylic acids is 2. The van der Waals surface area contributed by atoms with Crippen LogP contribution >= 0.6 is 0 Å². The molecule has 1 N–H and O–H groups in total. The second kappa shape index (κ2) is 7.02. The fourth-order valence-electron chi connectivity index (χ4n) is 4.06. The smallest absolute Gasteiger partial charge is 0.318 e. The number of amides is 1. The summed E-state index contributed by atoms with van der Waals surface area (Å²) in [6, 6.07) is 13.4. The van der Waals surface area contributed by atoms with Crippen LogP contribution in [0, 0.1) is 11.7 Å². The molecular weight excluding hydrogens is 347 g/mol. The van der Waals surface area contributed by atoms with Crippen LogP contribution in [0.15, 0.2) is 42.5 Å². The van der Waals surface area contributed by atoms with E-state index >= 15 is 0 Å². The Morgan fingerprint density at radius 2 is 2.07 bits per heavy atom. The Balaban J connectivity index is 1.63. The SMILES string of the molecule is COC(=O)[C@@H]1C(=O)NC[C@H]1c1cc2c(cc1F)N(Cc1ccccc1)CC2. The van der Waals surface area contributed by atoms with Gasteiger partial charge in [0.25, 0.3) is 0 Å². The van der Waals surface area contributed by atoms with Gasteiger partial charge in [0.2, 0.25) is 5.91 Å². The number of hydrogen-bond donors (Lipinski definition) is 1. The molecule has 2 aromatic rings. The molecule has 0 bridgehead atoms. The molecule has 1 amide bonds. The molecule has 0 spiro atoms. The zero-order valence-electron chi connectivity index (χ0n) is 15.1. The number of anilines is 1. The predicted molar refractivity (Wildman–Crippen MR) is 98.9 cm³/mol. The van der Waals surface area contributed by atoms with Gasteiger partial charge in [-0.15, -0.1) is 0 Å². The number of hydrogen-bond acceptors (Lipinski definition) is 4. The summed E-state index contributed by atoms with van der Waals surface area (Å²) in [7, 11) is 1.24. The third-order valence-corrected chi connectivity index (χ3v) is 5.44. The molecule has 0 unspecified atom stereocenters.